The summed E-state index contributed by atoms with van der Waals surface area (Å²) >= 11 is 1.64. The molecule has 0 radical (unpaired) electrons. The molecule has 3 heterocycles. The summed E-state index contributed by atoms with van der Waals surface area (Å²) in [5.74, 6) is 2.43. The SMILES string of the molecule is CCNC(=NCc1csc(N(C)C)n1)N1CCN(CC(=O)N2CC(C)CC(C)C2)CC1.I. The first kappa shape index (κ1) is 27.1. The van der Waals surface area contributed by atoms with Crippen molar-refractivity contribution in [1.82, 2.24) is 25.0 Å². The van der Waals surface area contributed by atoms with E-state index in [1.807, 2.05) is 19.0 Å². The Kier molecular flexibility index (Phi) is 11.0. The van der Waals surface area contributed by atoms with Crippen LogP contribution in [0.2, 0.25) is 0 Å². The van der Waals surface area contributed by atoms with Crippen LogP contribution in [-0.2, 0) is 11.3 Å². The lowest BCUT2D eigenvalue weighted by atomic mass is 9.92. The molecule has 1 amide bonds. The Hall–Kier alpha value is -1.14. The Morgan fingerprint density at radius 2 is 1.84 bits per heavy atom. The second-order valence-corrected chi connectivity index (χ2v) is 10.0. The van der Waals surface area contributed by atoms with Crippen molar-refractivity contribution in [3.63, 3.8) is 0 Å². The number of nitrogens with one attached hydrogen (secondary N) is 1. The number of nitrogens with zero attached hydrogens (tertiary/aromatic N) is 6. The van der Waals surface area contributed by atoms with E-state index in [1.165, 1.54) is 6.42 Å². The molecule has 2 unspecified atom stereocenters. The number of piperidine rings is 1. The normalized spacial score (nSPS) is 22.5. The summed E-state index contributed by atoms with van der Waals surface area (Å²) in [6.45, 7) is 13.9. The van der Waals surface area contributed by atoms with Crippen LogP contribution in [0, 0.1) is 11.8 Å². The fraction of sp³-hybridized carbons (Fsp3) is 0.773. The minimum atomic E-state index is 0. The zero-order valence-electron chi connectivity index (χ0n) is 20.2. The second-order valence-electron chi connectivity index (χ2n) is 9.19. The van der Waals surface area contributed by atoms with Crippen LogP contribution in [-0.4, -0.2) is 98.0 Å². The number of aliphatic imine (C=N–C) groups is 1. The van der Waals surface area contributed by atoms with E-state index in [2.05, 4.69) is 51.2 Å². The third kappa shape index (κ3) is 7.72. The maximum atomic E-state index is 12.8. The van der Waals surface area contributed by atoms with E-state index in [0.717, 1.165) is 62.6 Å². The van der Waals surface area contributed by atoms with E-state index in [0.29, 0.717) is 24.9 Å². The molecule has 3 rings (SSSR count). The number of aromatic nitrogens is 1. The predicted molar refractivity (Wildman–Crippen MR) is 144 cm³/mol. The molecule has 10 heteroatoms. The van der Waals surface area contributed by atoms with Gasteiger partial charge in [-0.3, -0.25) is 9.69 Å². The van der Waals surface area contributed by atoms with Crippen LogP contribution in [0.15, 0.2) is 10.4 Å². The number of hydrogen-bond acceptors (Lipinski definition) is 6. The Balaban J connectivity index is 0.00000363. The summed E-state index contributed by atoms with van der Waals surface area (Å²) in [5, 5.41) is 6.50. The molecule has 32 heavy (non-hydrogen) atoms. The smallest absolute Gasteiger partial charge is 0.236 e. The molecule has 1 N–H and O–H groups in total. The van der Waals surface area contributed by atoms with Gasteiger partial charge in [0, 0.05) is 65.3 Å². The highest BCUT2D eigenvalue weighted by Gasteiger charge is 2.28. The molecule has 2 fully saturated rings. The average Bonchev–Trinajstić information content (AvgIpc) is 3.20. The van der Waals surface area contributed by atoms with Gasteiger partial charge in [-0.2, -0.15) is 0 Å². The Morgan fingerprint density at radius 3 is 2.41 bits per heavy atom. The van der Waals surface area contributed by atoms with E-state index < -0.39 is 0 Å². The maximum Gasteiger partial charge on any atom is 0.236 e. The number of halogens is 1. The van der Waals surface area contributed by atoms with E-state index in [9.17, 15) is 4.79 Å². The number of amides is 1. The number of thiazole rings is 1. The van der Waals surface area contributed by atoms with Gasteiger partial charge in [-0.05, 0) is 25.2 Å². The molecular weight excluding hydrogens is 537 g/mol. The van der Waals surface area contributed by atoms with Gasteiger partial charge in [-0.1, -0.05) is 13.8 Å². The van der Waals surface area contributed by atoms with Crippen molar-refractivity contribution in [2.45, 2.75) is 33.7 Å². The lowest BCUT2D eigenvalue weighted by Crippen LogP contribution is -2.55. The summed E-state index contributed by atoms with van der Waals surface area (Å²) in [6, 6.07) is 0. The van der Waals surface area contributed by atoms with Gasteiger partial charge in [-0.25, -0.2) is 9.98 Å². The summed E-state index contributed by atoms with van der Waals surface area (Å²) in [6.07, 6.45) is 1.23. The summed E-state index contributed by atoms with van der Waals surface area (Å²) in [5.41, 5.74) is 0.998. The summed E-state index contributed by atoms with van der Waals surface area (Å²) in [7, 11) is 4.01. The molecule has 1 aromatic heterocycles. The zero-order chi connectivity index (χ0) is 22.4. The molecule has 0 aliphatic carbocycles. The van der Waals surface area contributed by atoms with Crippen molar-refractivity contribution in [3.05, 3.63) is 11.1 Å². The standard InChI is InChI=1S/C22H39N7OS.HI/c1-6-23-21(24-12-19-16-31-22(25-19)26(4)5)28-9-7-27(8-10-28)15-20(30)29-13-17(2)11-18(3)14-29;/h16-18H,6-15H2,1-5H3,(H,23,24);1H. The Labute approximate surface area is 214 Å². The monoisotopic (exact) mass is 577 g/mol. The van der Waals surface area contributed by atoms with Crippen LogP contribution in [0.25, 0.3) is 0 Å². The third-order valence-electron chi connectivity index (χ3n) is 5.90. The molecule has 2 aliphatic rings. The number of guanidine groups is 1. The van der Waals surface area contributed by atoms with Crippen molar-refractivity contribution in [2.75, 3.05) is 71.4 Å². The van der Waals surface area contributed by atoms with E-state index >= 15 is 0 Å². The molecule has 0 saturated carbocycles. The van der Waals surface area contributed by atoms with Crippen molar-refractivity contribution in [1.29, 1.82) is 0 Å². The second kappa shape index (κ2) is 12.9. The van der Waals surface area contributed by atoms with Gasteiger partial charge in [0.1, 0.15) is 0 Å². The Bertz CT molecular complexity index is 738. The highest BCUT2D eigenvalue weighted by atomic mass is 127. The van der Waals surface area contributed by atoms with Gasteiger partial charge in [0.2, 0.25) is 5.91 Å². The quantitative estimate of drug-likeness (QED) is 0.319. The third-order valence-corrected chi connectivity index (χ3v) is 6.96. The zero-order valence-corrected chi connectivity index (χ0v) is 23.4. The largest absolute Gasteiger partial charge is 0.357 e. The summed E-state index contributed by atoms with van der Waals surface area (Å²) < 4.78 is 0. The van der Waals surface area contributed by atoms with Crippen LogP contribution in [0.1, 0.15) is 32.9 Å². The number of carbonyl (C=O) groups is 1. The average molecular weight is 578 g/mol. The number of carbonyl (C=O) groups excluding carboxylic acids is 1. The fourth-order valence-corrected chi connectivity index (χ4v) is 5.18. The molecule has 2 saturated heterocycles. The maximum absolute atomic E-state index is 12.8. The lowest BCUT2D eigenvalue weighted by Gasteiger charge is -2.39. The van der Waals surface area contributed by atoms with Crippen molar-refractivity contribution in [3.8, 4) is 0 Å². The van der Waals surface area contributed by atoms with Crippen LogP contribution in [0.5, 0.6) is 0 Å². The predicted octanol–water partition coefficient (Wildman–Crippen LogP) is 2.41. The topological polar surface area (TPSA) is 67.3 Å². The molecule has 1 aromatic rings. The molecule has 0 aromatic carbocycles. The van der Waals surface area contributed by atoms with Crippen LogP contribution < -0.4 is 10.2 Å². The van der Waals surface area contributed by atoms with E-state index in [1.54, 1.807) is 11.3 Å². The van der Waals surface area contributed by atoms with E-state index in [4.69, 9.17) is 4.99 Å². The van der Waals surface area contributed by atoms with E-state index in [-0.39, 0.29) is 29.9 Å². The first-order chi connectivity index (χ1) is 14.9. The van der Waals surface area contributed by atoms with Gasteiger partial charge in [-0.15, -0.1) is 35.3 Å². The van der Waals surface area contributed by atoms with Crippen molar-refractivity contribution in [2.24, 2.45) is 16.8 Å². The molecule has 0 bridgehead atoms. The first-order valence-electron chi connectivity index (χ1n) is 11.5. The van der Waals surface area contributed by atoms with Crippen molar-refractivity contribution < 1.29 is 4.79 Å². The molecule has 2 atom stereocenters. The highest BCUT2D eigenvalue weighted by Crippen LogP contribution is 2.21. The molecule has 182 valence electrons. The fourth-order valence-electron chi connectivity index (χ4n) is 4.43. The van der Waals surface area contributed by atoms with Crippen LogP contribution in [0.3, 0.4) is 0 Å². The number of hydrogen-bond donors (Lipinski definition) is 1. The van der Waals surface area contributed by atoms with Crippen LogP contribution >= 0.6 is 35.3 Å². The van der Waals surface area contributed by atoms with Gasteiger partial charge >= 0.3 is 0 Å². The minimum absolute atomic E-state index is 0. The number of rotatable bonds is 6. The lowest BCUT2D eigenvalue weighted by molar-refractivity contribution is -0.135. The number of piperazine rings is 1. The minimum Gasteiger partial charge on any atom is -0.357 e. The van der Waals surface area contributed by atoms with Gasteiger partial charge in [0.25, 0.3) is 0 Å². The Morgan fingerprint density at radius 1 is 1.19 bits per heavy atom. The molecular formula is C22H40IN7OS. The van der Waals surface area contributed by atoms with Gasteiger partial charge < -0.3 is 20.0 Å². The first-order valence-corrected chi connectivity index (χ1v) is 12.4. The molecule has 8 nitrogen and oxygen atoms in total. The number of anilines is 1. The van der Waals surface area contributed by atoms with Crippen LogP contribution in [0.4, 0.5) is 5.13 Å². The molecule has 2 aliphatic heterocycles. The number of likely N-dealkylation sites (tertiary alicyclic amines) is 1. The molecule has 0 spiro atoms. The highest BCUT2D eigenvalue weighted by molar-refractivity contribution is 14.0. The van der Waals surface area contributed by atoms with Gasteiger partial charge in [0.15, 0.2) is 11.1 Å². The van der Waals surface area contributed by atoms with Crippen molar-refractivity contribution >= 4 is 52.3 Å². The summed E-state index contributed by atoms with van der Waals surface area (Å²) in [4.78, 5) is 30.9. The van der Waals surface area contributed by atoms with Gasteiger partial charge in [0.05, 0.1) is 18.8 Å².